The molecule has 9 heteroatoms. The van der Waals surface area contributed by atoms with E-state index in [1.54, 1.807) is 18.3 Å². The van der Waals surface area contributed by atoms with Gasteiger partial charge in [0.2, 0.25) is 5.91 Å². The van der Waals surface area contributed by atoms with Crippen LogP contribution in [0.3, 0.4) is 0 Å². The third-order valence-electron chi connectivity index (χ3n) is 4.22. The van der Waals surface area contributed by atoms with Gasteiger partial charge in [-0.2, -0.15) is 0 Å². The van der Waals surface area contributed by atoms with Crippen LogP contribution >= 0.6 is 0 Å². The summed E-state index contributed by atoms with van der Waals surface area (Å²) in [6, 6.07) is 12.8. The molecule has 0 unspecified atom stereocenters. The summed E-state index contributed by atoms with van der Waals surface area (Å²) >= 11 is 0. The second-order valence-electron chi connectivity index (χ2n) is 6.34. The molecule has 2 amide bonds. The Morgan fingerprint density at radius 1 is 1.10 bits per heavy atom. The number of ether oxygens (including phenoxy) is 1. The molecular formula is C20H18F3N3O3. The minimum absolute atomic E-state index is 0.166. The van der Waals surface area contributed by atoms with E-state index >= 15 is 0 Å². The van der Waals surface area contributed by atoms with Gasteiger partial charge in [-0.3, -0.25) is 9.59 Å². The molecule has 152 valence electrons. The molecule has 0 radical (unpaired) electrons. The van der Waals surface area contributed by atoms with Crippen molar-refractivity contribution in [3.05, 3.63) is 65.9 Å². The number of likely N-dealkylation sites (N-methyl/N-ethyl adjacent to an activating group) is 1. The fraction of sp³-hybridized carbons (Fsp3) is 0.200. The van der Waals surface area contributed by atoms with E-state index in [-0.39, 0.29) is 30.3 Å². The number of nitrogens with one attached hydrogen (secondary N) is 2. The number of aromatic nitrogens is 1. The highest BCUT2D eigenvalue weighted by Gasteiger charge is 2.32. The fourth-order valence-electron chi connectivity index (χ4n) is 2.87. The first-order valence-electron chi connectivity index (χ1n) is 8.66. The molecule has 3 rings (SSSR count). The van der Waals surface area contributed by atoms with Crippen LogP contribution in [-0.2, 0) is 11.3 Å². The Morgan fingerprint density at radius 2 is 1.79 bits per heavy atom. The zero-order chi connectivity index (χ0) is 21.0. The van der Waals surface area contributed by atoms with E-state index in [4.69, 9.17) is 0 Å². The molecule has 2 aromatic carbocycles. The zero-order valence-corrected chi connectivity index (χ0v) is 15.4. The lowest BCUT2D eigenvalue weighted by Crippen LogP contribution is -2.38. The summed E-state index contributed by atoms with van der Waals surface area (Å²) < 4.78 is 41.4. The lowest BCUT2D eigenvalue weighted by atomic mass is 10.1. The average Bonchev–Trinajstić information content (AvgIpc) is 3.09. The maximum atomic E-state index is 12.6. The van der Waals surface area contributed by atoms with Gasteiger partial charge in [-0.25, -0.2) is 0 Å². The molecule has 0 saturated carbocycles. The monoisotopic (exact) mass is 405 g/mol. The summed E-state index contributed by atoms with van der Waals surface area (Å²) in [6.07, 6.45) is -3.25. The van der Waals surface area contributed by atoms with Gasteiger partial charge in [-0.15, -0.1) is 13.2 Å². The van der Waals surface area contributed by atoms with Crippen molar-refractivity contribution in [2.75, 3.05) is 13.6 Å². The van der Waals surface area contributed by atoms with Gasteiger partial charge in [0.15, 0.2) is 0 Å². The molecule has 1 aromatic heterocycles. The average molecular weight is 405 g/mol. The van der Waals surface area contributed by atoms with Gasteiger partial charge >= 0.3 is 6.36 Å². The number of hydrogen-bond donors (Lipinski definition) is 2. The molecule has 0 atom stereocenters. The Kier molecular flexibility index (Phi) is 5.76. The van der Waals surface area contributed by atoms with Crippen molar-refractivity contribution in [1.29, 1.82) is 0 Å². The van der Waals surface area contributed by atoms with E-state index in [9.17, 15) is 22.8 Å². The highest BCUT2D eigenvalue weighted by molar-refractivity contribution is 6.07. The second kappa shape index (κ2) is 8.26. The third kappa shape index (κ3) is 5.07. The van der Waals surface area contributed by atoms with Crippen molar-refractivity contribution >= 4 is 22.7 Å². The van der Waals surface area contributed by atoms with Crippen LogP contribution < -0.4 is 10.1 Å². The van der Waals surface area contributed by atoms with Gasteiger partial charge in [-0.1, -0.05) is 36.4 Å². The molecular weight excluding hydrogens is 387 g/mol. The number of halogens is 3. The van der Waals surface area contributed by atoms with Crippen LogP contribution in [0.15, 0.2) is 54.7 Å². The zero-order valence-electron chi connectivity index (χ0n) is 15.4. The molecule has 1 heterocycles. The summed E-state index contributed by atoms with van der Waals surface area (Å²) in [5, 5.41) is 3.24. The minimum atomic E-state index is -4.83. The van der Waals surface area contributed by atoms with E-state index in [0.29, 0.717) is 5.56 Å². The molecule has 0 aliphatic carbocycles. The fourth-order valence-corrected chi connectivity index (χ4v) is 2.87. The standard InChI is InChI=1S/C20H18F3N3O3/c1-26(19(28)15-11-24-16-8-4-3-7-14(15)16)12-18(27)25-10-13-6-2-5-9-17(13)29-20(21,22)23/h2-9,11,24H,10,12H2,1H3,(H,25,27). The van der Waals surface area contributed by atoms with Gasteiger partial charge in [0.1, 0.15) is 5.75 Å². The number of alkyl halides is 3. The van der Waals surface area contributed by atoms with E-state index in [1.165, 1.54) is 36.2 Å². The summed E-state index contributed by atoms with van der Waals surface area (Å²) in [6.45, 7) is -0.416. The predicted octanol–water partition coefficient (Wildman–Crippen LogP) is 3.45. The number of carbonyl (C=O) groups excluding carboxylic acids is 2. The Labute approximate surface area is 164 Å². The Morgan fingerprint density at radius 3 is 2.55 bits per heavy atom. The number of nitrogens with zero attached hydrogens (tertiary/aromatic N) is 1. The molecule has 0 bridgehead atoms. The number of para-hydroxylation sites is 2. The number of hydrogen-bond acceptors (Lipinski definition) is 3. The number of amides is 2. The molecule has 6 nitrogen and oxygen atoms in total. The van der Waals surface area contributed by atoms with Crippen LogP contribution in [0.5, 0.6) is 5.75 Å². The Hall–Kier alpha value is -3.49. The molecule has 0 fully saturated rings. The van der Waals surface area contributed by atoms with Gasteiger partial charge in [0.05, 0.1) is 12.1 Å². The quantitative estimate of drug-likeness (QED) is 0.660. The Balaban J connectivity index is 1.60. The first-order chi connectivity index (χ1) is 13.7. The maximum absolute atomic E-state index is 12.6. The van der Waals surface area contributed by atoms with Crippen molar-refractivity contribution in [3.8, 4) is 5.75 Å². The third-order valence-corrected chi connectivity index (χ3v) is 4.22. The number of rotatable bonds is 6. The summed E-state index contributed by atoms with van der Waals surface area (Å²) in [7, 11) is 1.48. The Bertz CT molecular complexity index is 1030. The summed E-state index contributed by atoms with van der Waals surface area (Å²) in [5.41, 5.74) is 1.40. The van der Waals surface area contributed by atoms with Crippen molar-refractivity contribution < 1.29 is 27.5 Å². The van der Waals surface area contributed by atoms with Crippen molar-refractivity contribution in [2.24, 2.45) is 0 Å². The summed E-state index contributed by atoms with van der Waals surface area (Å²) in [5.74, 6) is -1.25. The van der Waals surface area contributed by atoms with Gasteiger partial charge in [0.25, 0.3) is 5.91 Å². The van der Waals surface area contributed by atoms with E-state index in [2.05, 4.69) is 15.0 Å². The van der Waals surface area contributed by atoms with Crippen LogP contribution in [-0.4, -0.2) is 41.7 Å². The smallest absolute Gasteiger partial charge is 0.405 e. The molecule has 0 spiro atoms. The van der Waals surface area contributed by atoms with Crippen molar-refractivity contribution in [3.63, 3.8) is 0 Å². The normalized spacial score (nSPS) is 11.3. The molecule has 3 aromatic rings. The maximum Gasteiger partial charge on any atom is 0.573 e. The van der Waals surface area contributed by atoms with Gasteiger partial charge in [-0.05, 0) is 12.1 Å². The molecule has 29 heavy (non-hydrogen) atoms. The van der Waals surface area contributed by atoms with Crippen LogP contribution in [0.25, 0.3) is 10.9 Å². The van der Waals surface area contributed by atoms with Crippen LogP contribution in [0.1, 0.15) is 15.9 Å². The van der Waals surface area contributed by atoms with Gasteiger partial charge in [0, 0.05) is 36.3 Å². The van der Waals surface area contributed by atoms with E-state index in [1.807, 2.05) is 12.1 Å². The highest BCUT2D eigenvalue weighted by atomic mass is 19.4. The largest absolute Gasteiger partial charge is 0.573 e. The number of benzene rings is 2. The van der Waals surface area contributed by atoms with Crippen LogP contribution in [0.4, 0.5) is 13.2 Å². The summed E-state index contributed by atoms with van der Waals surface area (Å²) in [4.78, 5) is 29.0. The SMILES string of the molecule is CN(CC(=O)NCc1ccccc1OC(F)(F)F)C(=O)c1c[nH]c2ccccc12. The second-order valence-corrected chi connectivity index (χ2v) is 6.34. The molecule has 0 aliphatic rings. The van der Waals surface area contributed by atoms with E-state index in [0.717, 1.165) is 10.9 Å². The van der Waals surface area contributed by atoms with Gasteiger partial charge < -0.3 is 19.9 Å². The number of carbonyl (C=O) groups is 2. The highest BCUT2D eigenvalue weighted by Crippen LogP contribution is 2.26. The number of aromatic amines is 1. The molecule has 2 N–H and O–H groups in total. The van der Waals surface area contributed by atoms with Crippen LogP contribution in [0.2, 0.25) is 0 Å². The predicted molar refractivity (Wildman–Crippen MR) is 100 cm³/mol. The van der Waals surface area contributed by atoms with E-state index < -0.39 is 12.3 Å². The lowest BCUT2D eigenvalue weighted by Gasteiger charge is -2.17. The minimum Gasteiger partial charge on any atom is -0.405 e. The molecule has 0 saturated heterocycles. The first kappa shape index (κ1) is 20.2. The lowest BCUT2D eigenvalue weighted by molar-refractivity contribution is -0.274. The number of H-pyrrole nitrogens is 1. The molecule has 0 aliphatic heterocycles. The van der Waals surface area contributed by atoms with Crippen molar-refractivity contribution in [2.45, 2.75) is 12.9 Å². The van der Waals surface area contributed by atoms with Crippen molar-refractivity contribution in [1.82, 2.24) is 15.2 Å². The first-order valence-corrected chi connectivity index (χ1v) is 8.66. The van der Waals surface area contributed by atoms with Crippen LogP contribution in [0, 0.1) is 0 Å². The number of fused-ring (bicyclic) bond motifs is 1. The topological polar surface area (TPSA) is 74.4 Å².